The van der Waals surface area contributed by atoms with Crippen LogP contribution in [0.1, 0.15) is 0 Å². The van der Waals surface area contributed by atoms with E-state index >= 15 is 0 Å². The second kappa shape index (κ2) is 9.12. The quantitative estimate of drug-likeness (QED) is 0.183. The Labute approximate surface area is 272 Å². The Morgan fingerprint density at radius 2 is 1.33 bits per heavy atom. The first kappa shape index (κ1) is 25.4. The van der Waals surface area contributed by atoms with Crippen LogP contribution in [0.2, 0.25) is 0 Å². The molecule has 0 aliphatic carbocycles. The van der Waals surface area contributed by atoms with Crippen molar-refractivity contribution in [2.24, 2.45) is 0 Å². The lowest BCUT2D eigenvalue weighted by Gasteiger charge is -2.12. The summed E-state index contributed by atoms with van der Waals surface area (Å²) in [6.07, 6.45) is 1.77. The third kappa shape index (κ3) is 3.22. The zero-order chi connectivity index (χ0) is 31.5. The van der Waals surface area contributed by atoms with E-state index in [9.17, 15) is 0 Å². The molecule has 0 fully saturated rings. The molecule has 0 unspecified atom stereocenters. The molecule has 11 rings (SSSR count). The maximum Gasteiger partial charge on any atom is 0.235 e. The van der Waals surface area contributed by atoms with Gasteiger partial charge in [0, 0.05) is 38.5 Å². The lowest BCUT2D eigenvalue weighted by Crippen LogP contribution is -2.04. The second-order valence-electron chi connectivity index (χ2n) is 12.4. The van der Waals surface area contributed by atoms with Crippen molar-refractivity contribution >= 4 is 87.4 Å². The average molecular weight is 611 g/mol. The number of nitrogens with zero attached hydrogens (tertiary/aromatic N) is 6. The molecule has 0 aliphatic heterocycles. The fraction of sp³-hybridized carbons (Fsp3) is 0. The van der Waals surface area contributed by atoms with Crippen LogP contribution in [0, 0.1) is 6.57 Å². The first-order valence-electron chi connectivity index (χ1n) is 15.9. The van der Waals surface area contributed by atoms with Crippen LogP contribution in [0.25, 0.3) is 104 Å². The molecule has 0 bridgehead atoms. The van der Waals surface area contributed by atoms with Gasteiger partial charge in [-0.3, -0.25) is 9.55 Å². The van der Waals surface area contributed by atoms with Crippen molar-refractivity contribution < 1.29 is 0 Å². The van der Waals surface area contributed by atoms with Gasteiger partial charge in [0.05, 0.1) is 39.7 Å². The molecule has 6 aromatic carbocycles. The summed E-state index contributed by atoms with van der Waals surface area (Å²) in [5, 5.41) is 9.55. The SMILES string of the molecule is [C-]#[N+]c1cccc(-c2nc(-n3c4cc5ccccc5cc4c4c5c6ccccc6n6c7ccccc7c(cc43)c56)nc3cccnc23)c1. The van der Waals surface area contributed by atoms with Gasteiger partial charge in [0.1, 0.15) is 11.2 Å². The molecule has 0 aliphatic rings. The summed E-state index contributed by atoms with van der Waals surface area (Å²) in [5.41, 5.74) is 9.25. The molecule has 0 radical (unpaired) electrons. The Hall–Kier alpha value is -6.84. The molecule has 220 valence electrons. The van der Waals surface area contributed by atoms with E-state index < -0.39 is 0 Å². The molecule has 0 spiro atoms. The normalized spacial score (nSPS) is 12.1. The summed E-state index contributed by atoms with van der Waals surface area (Å²) in [6, 6.07) is 44.3. The Kier molecular flexibility index (Phi) is 4.82. The van der Waals surface area contributed by atoms with Gasteiger partial charge in [0.2, 0.25) is 5.95 Å². The van der Waals surface area contributed by atoms with Crippen LogP contribution in [0.3, 0.4) is 0 Å². The number of fused-ring (bicyclic) bond motifs is 12. The van der Waals surface area contributed by atoms with Gasteiger partial charge in [-0.05, 0) is 64.9 Å². The number of benzene rings is 6. The predicted molar refractivity (Wildman–Crippen MR) is 196 cm³/mol. The first-order chi connectivity index (χ1) is 23.8. The van der Waals surface area contributed by atoms with Gasteiger partial charge in [-0.15, -0.1) is 0 Å². The van der Waals surface area contributed by atoms with Gasteiger partial charge < -0.3 is 4.40 Å². The van der Waals surface area contributed by atoms with Crippen molar-refractivity contribution in [3.63, 3.8) is 0 Å². The molecular weight excluding hydrogens is 589 g/mol. The molecular formula is C42H22N6. The van der Waals surface area contributed by atoms with Gasteiger partial charge in [0.25, 0.3) is 0 Å². The van der Waals surface area contributed by atoms with Gasteiger partial charge in [-0.1, -0.05) is 78.9 Å². The maximum atomic E-state index is 7.64. The van der Waals surface area contributed by atoms with Crippen LogP contribution in [0.5, 0.6) is 0 Å². The van der Waals surface area contributed by atoms with Gasteiger partial charge in [-0.25, -0.2) is 14.8 Å². The largest absolute Gasteiger partial charge is 0.308 e. The highest BCUT2D eigenvalue weighted by Gasteiger charge is 2.25. The summed E-state index contributed by atoms with van der Waals surface area (Å²) in [4.78, 5) is 18.9. The van der Waals surface area contributed by atoms with Crippen LogP contribution in [-0.4, -0.2) is 23.9 Å². The van der Waals surface area contributed by atoms with Crippen molar-refractivity contribution in [3.8, 4) is 17.2 Å². The zero-order valence-corrected chi connectivity index (χ0v) is 25.4. The third-order valence-electron chi connectivity index (χ3n) is 9.86. The summed E-state index contributed by atoms with van der Waals surface area (Å²) >= 11 is 0. The Bertz CT molecular complexity index is 3200. The Morgan fingerprint density at radius 3 is 2.19 bits per heavy atom. The smallest absolute Gasteiger partial charge is 0.235 e. The van der Waals surface area contributed by atoms with Crippen LogP contribution in [0.15, 0.2) is 134 Å². The summed E-state index contributed by atoms with van der Waals surface area (Å²) in [6.45, 7) is 7.64. The molecule has 0 saturated heterocycles. The van der Waals surface area contributed by atoms with E-state index in [0.717, 1.165) is 32.9 Å². The molecule has 6 heteroatoms. The van der Waals surface area contributed by atoms with E-state index in [0.29, 0.717) is 22.8 Å². The first-order valence-corrected chi connectivity index (χ1v) is 15.9. The van der Waals surface area contributed by atoms with Gasteiger partial charge in [-0.2, -0.15) is 0 Å². The van der Waals surface area contributed by atoms with E-state index in [1.165, 1.54) is 48.9 Å². The summed E-state index contributed by atoms with van der Waals surface area (Å²) in [7, 11) is 0. The van der Waals surface area contributed by atoms with Crippen LogP contribution in [0.4, 0.5) is 5.69 Å². The average Bonchev–Trinajstić information content (AvgIpc) is 3.77. The molecule has 0 atom stereocenters. The predicted octanol–water partition coefficient (Wildman–Crippen LogP) is 10.6. The molecule has 0 amide bonds. The van der Waals surface area contributed by atoms with Crippen LogP contribution in [-0.2, 0) is 0 Å². The third-order valence-corrected chi connectivity index (χ3v) is 9.86. The van der Waals surface area contributed by atoms with Crippen molar-refractivity contribution in [3.05, 3.63) is 145 Å². The van der Waals surface area contributed by atoms with Gasteiger partial charge in [0.15, 0.2) is 5.69 Å². The van der Waals surface area contributed by atoms with Gasteiger partial charge >= 0.3 is 0 Å². The minimum Gasteiger partial charge on any atom is -0.308 e. The fourth-order valence-corrected chi connectivity index (χ4v) is 7.89. The summed E-state index contributed by atoms with van der Waals surface area (Å²) in [5.74, 6) is 0.565. The highest BCUT2D eigenvalue weighted by molar-refractivity contribution is 6.36. The monoisotopic (exact) mass is 610 g/mol. The number of aromatic nitrogens is 5. The molecule has 48 heavy (non-hydrogen) atoms. The van der Waals surface area contributed by atoms with Crippen molar-refractivity contribution in [1.82, 2.24) is 23.9 Å². The lowest BCUT2D eigenvalue weighted by atomic mass is 10.0. The van der Waals surface area contributed by atoms with E-state index in [1.54, 1.807) is 6.20 Å². The molecule has 11 aromatic rings. The Morgan fingerprint density at radius 1 is 0.562 bits per heavy atom. The van der Waals surface area contributed by atoms with E-state index in [2.05, 4.69) is 105 Å². The van der Waals surface area contributed by atoms with Crippen molar-refractivity contribution in [2.75, 3.05) is 0 Å². The van der Waals surface area contributed by atoms with Crippen LogP contribution < -0.4 is 0 Å². The minimum atomic E-state index is 0.556. The number of hydrogen-bond donors (Lipinski definition) is 0. The topological polar surface area (TPSA) is 52.4 Å². The minimum absolute atomic E-state index is 0.556. The van der Waals surface area contributed by atoms with Crippen molar-refractivity contribution in [1.29, 1.82) is 0 Å². The van der Waals surface area contributed by atoms with E-state index in [-0.39, 0.29) is 0 Å². The zero-order valence-electron chi connectivity index (χ0n) is 25.4. The molecule has 5 aromatic heterocycles. The highest BCUT2D eigenvalue weighted by Crippen LogP contribution is 2.47. The second-order valence-corrected chi connectivity index (χ2v) is 12.4. The number of pyridine rings is 1. The summed E-state index contributed by atoms with van der Waals surface area (Å²) < 4.78 is 4.66. The Balaban J connectivity index is 1.39. The molecule has 0 N–H and O–H groups in total. The standard InChI is InChI=1S/C42H22N6/c1-43-27-13-8-12-26(20-27)39-40-32(16-9-19-44-40)45-42(46-39)48-35-22-25-11-3-2-10-24(25)21-31(35)37-36(48)23-30-28-14-4-6-17-33(28)47-34-18-7-5-15-29(34)38(37)41(30)47/h2-23H. The molecule has 5 heterocycles. The van der Waals surface area contributed by atoms with E-state index in [1.807, 2.05) is 36.4 Å². The highest BCUT2D eigenvalue weighted by atomic mass is 15.2. The number of hydrogen-bond acceptors (Lipinski definition) is 3. The lowest BCUT2D eigenvalue weighted by molar-refractivity contribution is 1.01. The fourth-order valence-electron chi connectivity index (χ4n) is 7.89. The molecule has 6 nitrogen and oxygen atoms in total. The van der Waals surface area contributed by atoms with Crippen LogP contribution >= 0.6 is 0 Å². The maximum absolute atomic E-state index is 7.64. The van der Waals surface area contributed by atoms with E-state index in [4.69, 9.17) is 21.5 Å². The number of para-hydroxylation sites is 2. The number of rotatable bonds is 2. The molecule has 0 saturated carbocycles. The van der Waals surface area contributed by atoms with Crippen molar-refractivity contribution in [2.45, 2.75) is 0 Å².